The highest BCUT2D eigenvalue weighted by Gasteiger charge is 2.35. The molecule has 1 heterocycles. The van der Waals surface area contributed by atoms with Gasteiger partial charge in [-0.2, -0.15) is 0 Å². The molecule has 2 rings (SSSR count). The molecule has 5 nitrogen and oxygen atoms in total. The number of hydrogen-bond acceptors (Lipinski definition) is 4. The number of aliphatic hydroxyl groups excluding tert-OH is 1. The summed E-state index contributed by atoms with van der Waals surface area (Å²) in [7, 11) is 1.83. The number of pyridine rings is 1. The molecule has 1 unspecified atom stereocenters. The molecule has 20 heavy (non-hydrogen) atoms. The van der Waals surface area contributed by atoms with Crippen molar-refractivity contribution in [3.63, 3.8) is 0 Å². The predicted octanol–water partition coefficient (Wildman–Crippen LogP) is 0.881. The average Bonchev–Trinajstić information content (AvgIpc) is 3.21. The molecule has 0 radical (unpaired) electrons. The summed E-state index contributed by atoms with van der Waals surface area (Å²) in [5.74, 6) is 0.499. The number of rotatable bonds is 7. The van der Waals surface area contributed by atoms with Gasteiger partial charge in [0, 0.05) is 12.7 Å². The Morgan fingerprint density at radius 1 is 1.60 bits per heavy atom. The Hall–Kier alpha value is -1.46. The number of carbonyl (C=O) groups is 1. The standard InChI is InChI=1S/C15H23N3O2/c1-11-4-3-7-16-14(11)15(12-5-6-12)17-13(20)10-18(2)8-9-19/h3-4,7,12,15,19H,5-6,8-10H2,1-2H3,(H,17,20). The van der Waals surface area contributed by atoms with Gasteiger partial charge in [-0.3, -0.25) is 14.7 Å². The maximum Gasteiger partial charge on any atom is 0.234 e. The van der Waals surface area contributed by atoms with Gasteiger partial charge in [-0.15, -0.1) is 0 Å². The number of aryl methyl sites for hydroxylation is 1. The van der Waals surface area contributed by atoms with Gasteiger partial charge in [-0.05, 0) is 44.4 Å². The van der Waals surface area contributed by atoms with Crippen LogP contribution in [0.3, 0.4) is 0 Å². The summed E-state index contributed by atoms with van der Waals surface area (Å²) in [4.78, 5) is 18.3. The van der Waals surface area contributed by atoms with Crippen molar-refractivity contribution in [2.45, 2.75) is 25.8 Å². The van der Waals surface area contributed by atoms with Crippen LogP contribution >= 0.6 is 0 Å². The minimum atomic E-state index is -0.0112. The zero-order chi connectivity index (χ0) is 14.5. The molecule has 0 spiro atoms. The Balaban J connectivity index is 2.00. The van der Waals surface area contributed by atoms with Crippen LogP contribution in [0.5, 0.6) is 0 Å². The van der Waals surface area contributed by atoms with E-state index in [1.807, 2.05) is 31.0 Å². The number of aliphatic hydroxyl groups is 1. The van der Waals surface area contributed by atoms with Crippen molar-refractivity contribution in [1.82, 2.24) is 15.2 Å². The highest BCUT2D eigenvalue weighted by molar-refractivity contribution is 5.78. The van der Waals surface area contributed by atoms with Crippen LogP contribution in [-0.2, 0) is 4.79 Å². The lowest BCUT2D eigenvalue weighted by Gasteiger charge is -2.21. The lowest BCUT2D eigenvalue weighted by atomic mass is 10.0. The Bertz CT molecular complexity index is 460. The van der Waals surface area contributed by atoms with Crippen LogP contribution < -0.4 is 5.32 Å². The van der Waals surface area contributed by atoms with Crippen molar-refractivity contribution in [3.05, 3.63) is 29.6 Å². The fourth-order valence-electron chi connectivity index (χ4n) is 2.38. The molecule has 0 aromatic carbocycles. The van der Waals surface area contributed by atoms with Crippen LogP contribution in [0.15, 0.2) is 18.3 Å². The van der Waals surface area contributed by atoms with Crippen molar-refractivity contribution in [2.75, 3.05) is 26.7 Å². The molecule has 5 heteroatoms. The van der Waals surface area contributed by atoms with E-state index in [0.717, 1.165) is 24.1 Å². The van der Waals surface area contributed by atoms with Crippen LogP contribution in [0.1, 0.15) is 30.1 Å². The van der Waals surface area contributed by atoms with Gasteiger partial charge in [0.25, 0.3) is 0 Å². The third-order valence-electron chi connectivity index (χ3n) is 3.65. The summed E-state index contributed by atoms with van der Waals surface area (Å²) in [6.07, 6.45) is 4.07. The minimum Gasteiger partial charge on any atom is -0.395 e. The van der Waals surface area contributed by atoms with Gasteiger partial charge in [0.1, 0.15) is 0 Å². The van der Waals surface area contributed by atoms with Gasteiger partial charge >= 0.3 is 0 Å². The van der Waals surface area contributed by atoms with Gasteiger partial charge in [0.05, 0.1) is 24.9 Å². The van der Waals surface area contributed by atoms with Crippen molar-refractivity contribution in [3.8, 4) is 0 Å². The number of hydrogen-bond donors (Lipinski definition) is 2. The van der Waals surface area contributed by atoms with Crippen molar-refractivity contribution in [2.24, 2.45) is 5.92 Å². The molecule has 1 amide bonds. The zero-order valence-electron chi connectivity index (χ0n) is 12.2. The second kappa shape index (κ2) is 6.81. The Morgan fingerprint density at radius 3 is 2.95 bits per heavy atom. The van der Waals surface area contributed by atoms with E-state index in [1.54, 1.807) is 6.20 Å². The van der Waals surface area contributed by atoms with Crippen LogP contribution in [-0.4, -0.2) is 47.6 Å². The molecule has 1 aliphatic rings. The van der Waals surface area contributed by atoms with E-state index in [4.69, 9.17) is 5.11 Å². The van der Waals surface area contributed by atoms with Crippen molar-refractivity contribution in [1.29, 1.82) is 0 Å². The number of likely N-dealkylation sites (N-methyl/N-ethyl adjacent to an activating group) is 1. The molecule has 2 N–H and O–H groups in total. The van der Waals surface area contributed by atoms with Gasteiger partial charge in [0.15, 0.2) is 0 Å². The number of nitrogens with zero attached hydrogens (tertiary/aromatic N) is 2. The van der Waals surface area contributed by atoms with Crippen LogP contribution in [0.2, 0.25) is 0 Å². The minimum absolute atomic E-state index is 0.0112. The highest BCUT2D eigenvalue weighted by Crippen LogP contribution is 2.41. The summed E-state index contributed by atoms with van der Waals surface area (Å²) in [5.41, 5.74) is 2.10. The first kappa shape index (κ1) is 14.9. The largest absolute Gasteiger partial charge is 0.395 e. The van der Waals surface area contributed by atoms with E-state index in [0.29, 0.717) is 19.0 Å². The second-order valence-corrected chi connectivity index (χ2v) is 5.55. The van der Waals surface area contributed by atoms with Gasteiger partial charge in [-0.1, -0.05) is 6.07 Å². The SMILES string of the molecule is Cc1cccnc1C(NC(=O)CN(C)CCO)C1CC1. The number of amides is 1. The van der Waals surface area contributed by atoms with Gasteiger partial charge in [-0.25, -0.2) is 0 Å². The molecule has 0 saturated heterocycles. The lowest BCUT2D eigenvalue weighted by molar-refractivity contribution is -0.123. The third-order valence-corrected chi connectivity index (χ3v) is 3.65. The molecule has 1 atom stereocenters. The fraction of sp³-hybridized carbons (Fsp3) is 0.600. The quantitative estimate of drug-likeness (QED) is 0.776. The zero-order valence-corrected chi connectivity index (χ0v) is 12.2. The van der Waals surface area contributed by atoms with E-state index in [-0.39, 0.29) is 18.6 Å². The molecule has 1 aromatic rings. The Morgan fingerprint density at radius 2 is 2.35 bits per heavy atom. The highest BCUT2D eigenvalue weighted by atomic mass is 16.3. The number of nitrogens with one attached hydrogen (secondary N) is 1. The maximum atomic E-state index is 12.1. The third kappa shape index (κ3) is 4.02. The average molecular weight is 277 g/mol. The molecule has 0 aliphatic heterocycles. The predicted molar refractivity (Wildman–Crippen MR) is 77.2 cm³/mol. The van der Waals surface area contributed by atoms with E-state index >= 15 is 0 Å². The molecular formula is C15H23N3O2. The van der Waals surface area contributed by atoms with Crippen molar-refractivity contribution >= 4 is 5.91 Å². The topological polar surface area (TPSA) is 65.5 Å². The number of carbonyl (C=O) groups excluding carboxylic acids is 1. The van der Waals surface area contributed by atoms with Crippen LogP contribution in [0.25, 0.3) is 0 Å². The fourth-order valence-corrected chi connectivity index (χ4v) is 2.38. The summed E-state index contributed by atoms with van der Waals surface area (Å²) in [6, 6.07) is 3.97. The first-order chi connectivity index (χ1) is 9.61. The molecule has 1 aromatic heterocycles. The van der Waals surface area contributed by atoms with Crippen LogP contribution in [0.4, 0.5) is 0 Å². The lowest BCUT2D eigenvalue weighted by Crippen LogP contribution is -2.39. The van der Waals surface area contributed by atoms with Gasteiger partial charge in [0.2, 0.25) is 5.91 Å². The first-order valence-electron chi connectivity index (χ1n) is 7.12. The van der Waals surface area contributed by atoms with E-state index in [2.05, 4.69) is 10.3 Å². The first-order valence-corrected chi connectivity index (χ1v) is 7.12. The molecular weight excluding hydrogens is 254 g/mol. The molecule has 110 valence electrons. The molecule has 1 aliphatic carbocycles. The Labute approximate surface area is 120 Å². The smallest absolute Gasteiger partial charge is 0.234 e. The molecule has 0 bridgehead atoms. The van der Waals surface area contributed by atoms with E-state index < -0.39 is 0 Å². The van der Waals surface area contributed by atoms with Gasteiger partial charge < -0.3 is 10.4 Å². The molecule has 1 saturated carbocycles. The monoisotopic (exact) mass is 277 g/mol. The summed E-state index contributed by atoms with van der Waals surface area (Å²) in [6.45, 7) is 2.90. The second-order valence-electron chi connectivity index (χ2n) is 5.55. The Kier molecular flexibility index (Phi) is 5.09. The molecule has 1 fully saturated rings. The normalized spacial score (nSPS) is 16.2. The maximum absolute atomic E-state index is 12.1. The summed E-state index contributed by atoms with van der Waals surface area (Å²) in [5, 5.41) is 12.0. The van der Waals surface area contributed by atoms with E-state index in [9.17, 15) is 4.79 Å². The summed E-state index contributed by atoms with van der Waals surface area (Å²) >= 11 is 0. The number of aromatic nitrogens is 1. The van der Waals surface area contributed by atoms with Crippen LogP contribution in [0, 0.1) is 12.8 Å². The van der Waals surface area contributed by atoms with E-state index in [1.165, 1.54) is 0 Å². The van der Waals surface area contributed by atoms with Crippen molar-refractivity contribution < 1.29 is 9.90 Å². The summed E-state index contributed by atoms with van der Waals surface area (Å²) < 4.78 is 0.